The van der Waals surface area contributed by atoms with Gasteiger partial charge in [-0.1, -0.05) is 0 Å². The van der Waals surface area contributed by atoms with E-state index in [1.54, 1.807) is 19.2 Å². The average Bonchev–Trinajstić information content (AvgIpc) is 3.09. The maximum atomic E-state index is 13.5. The molecule has 154 valence electrons. The molecule has 2 aromatic rings. The third kappa shape index (κ3) is 5.69. The van der Waals surface area contributed by atoms with Crippen molar-refractivity contribution in [3.8, 4) is 0 Å². The number of aromatic amines is 1. The Kier molecular flexibility index (Phi) is 7.68. The van der Waals surface area contributed by atoms with E-state index in [-0.39, 0.29) is 5.82 Å². The summed E-state index contributed by atoms with van der Waals surface area (Å²) in [6, 6.07) is 5.29. The zero-order chi connectivity index (χ0) is 19.8. The van der Waals surface area contributed by atoms with Crippen LogP contribution in [0.25, 0.3) is 10.9 Å². The van der Waals surface area contributed by atoms with E-state index in [9.17, 15) is 4.39 Å². The lowest BCUT2D eigenvalue weighted by atomic mass is 10.1. The highest BCUT2D eigenvalue weighted by Crippen LogP contribution is 2.19. The summed E-state index contributed by atoms with van der Waals surface area (Å²) in [5.41, 5.74) is 2.06. The first-order valence-electron chi connectivity index (χ1n) is 10.2. The van der Waals surface area contributed by atoms with Crippen LogP contribution in [-0.2, 0) is 11.2 Å². The second kappa shape index (κ2) is 10.4. The van der Waals surface area contributed by atoms with Crippen LogP contribution in [0, 0.1) is 5.82 Å². The van der Waals surface area contributed by atoms with Gasteiger partial charge in [0.1, 0.15) is 5.82 Å². The van der Waals surface area contributed by atoms with Crippen molar-refractivity contribution in [2.24, 2.45) is 4.99 Å². The first kappa shape index (κ1) is 20.6. The number of nitrogens with zero attached hydrogens (tertiary/aromatic N) is 2. The Hall–Kier alpha value is -2.12. The molecule has 0 amide bonds. The summed E-state index contributed by atoms with van der Waals surface area (Å²) in [5.74, 6) is 0.660. The molecule has 0 atom stereocenters. The topological polar surface area (TPSA) is 64.7 Å². The van der Waals surface area contributed by atoms with Gasteiger partial charge in [-0.15, -0.1) is 0 Å². The summed E-state index contributed by atoms with van der Waals surface area (Å²) in [4.78, 5) is 10.4. The molecule has 3 rings (SSSR count). The Bertz CT molecular complexity index is 767. The number of piperidine rings is 1. The minimum absolute atomic E-state index is 0.205. The molecule has 0 radical (unpaired) electrons. The number of aromatic nitrogens is 1. The van der Waals surface area contributed by atoms with Gasteiger partial charge in [-0.2, -0.15) is 0 Å². The number of hydrogen-bond acceptors (Lipinski definition) is 3. The van der Waals surface area contributed by atoms with Gasteiger partial charge in [0.2, 0.25) is 0 Å². The predicted molar refractivity (Wildman–Crippen MR) is 112 cm³/mol. The van der Waals surface area contributed by atoms with Gasteiger partial charge in [0, 0.05) is 63.0 Å². The van der Waals surface area contributed by atoms with Gasteiger partial charge in [0.25, 0.3) is 0 Å². The average molecular weight is 390 g/mol. The van der Waals surface area contributed by atoms with E-state index in [0.29, 0.717) is 12.6 Å². The van der Waals surface area contributed by atoms with E-state index in [1.807, 2.05) is 6.20 Å². The molecule has 6 nitrogen and oxygen atoms in total. The van der Waals surface area contributed by atoms with Gasteiger partial charge in [0.15, 0.2) is 5.96 Å². The fourth-order valence-corrected chi connectivity index (χ4v) is 3.68. The maximum absolute atomic E-state index is 13.5. The van der Waals surface area contributed by atoms with E-state index in [4.69, 9.17) is 9.73 Å². The van der Waals surface area contributed by atoms with Crippen LogP contribution < -0.4 is 10.6 Å². The van der Waals surface area contributed by atoms with Crippen LogP contribution in [0.15, 0.2) is 29.4 Å². The van der Waals surface area contributed by atoms with Crippen LogP contribution in [-0.4, -0.2) is 68.3 Å². The molecule has 1 aliphatic heterocycles. The third-order valence-electron chi connectivity index (χ3n) is 5.26. The minimum Gasteiger partial charge on any atom is -0.383 e. The molecular weight excluding hydrogens is 357 g/mol. The van der Waals surface area contributed by atoms with Crippen molar-refractivity contribution in [3.63, 3.8) is 0 Å². The number of rotatable bonds is 8. The quantitative estimate of drug-likeness (QED) is 0.480. The Balaban J connectivity index is 1.52. The van der Waals surface area contributed by atoms with E-state index >= 15 is 0 Å². The van der Waals surface area contributed by atoms with Crippen LogP contribution in [0.2, 0.25) is 0 Å². The van der Waals surface area contributed by atoms with Crippen LogP contribution >= 0.6 is 0 Å². The number of aliphatic imine (C=N–C) groups is 1. The maximum Gasteiger partial charge on any atom is 0.191 e. The molecule has 1 saturated heterocycles. The number of halogens is 1. The smallest absolute Gasteiger partial charge is 0.191 e. The first-order valence-corrected chi connectivity index (χ1v) is 10.2. The highest BCUT2D eigenvalue weighted by molar-refractivity contribution is 5.83. The van der Waals surface area contributed by atoms with Crippen molar-refractivity contribution in [3.05, 3.63) is 35.8 Å². The number of benzene rings is 1. The Morgan fingerprint density at radius 1 is 1.36 bits per heavy atom. The van der Waals surface area contributed by atoms with Crippen molar-refractivity contribution in [2.75, 3.05) is 46.4 Å². The van der Waals surface area contributed by atoms with Crippen LogP contribution in [0.1, 0.15) is 25.3 Å². The largest absolute Gasteiger partial charge is 0.383 e. The van der Waals surface area contributed by atoms with E-state index in [2.05, 4.69) is 27.4 Å². The lowest BCUT2D eigenvalue weighted by molar-refractivity contribution is 0.128. The van der Waals surface area contributed by atoms with E-state index in [1.165, 1.54) is 6.07 Å². The standard InChI is InChI=1S/C21H32FN5O/c1-3-23-21(26-18-7-10-27(11-8-18)12-13-28-2)24-9-6-16-15-25-20-5-4-17(22)14-19(16)20/h4-5,14-15,18,25H,3,6-13H2,1-2H3,(H2,23,24,26). The molecule has 0 spiro atoms. The summed E-state index contributed by atoms with van der Waals surface area (Å²) >= 11 is 0. The fourth-order valence-electron chi connectivity index (χ4n) is 3.68. The molecular formula is C21H32FN5O. The van der Waals surface area contributed by atoms with Crippen molar-refractivity contribution in [1.82, 2.24) is 20.5 Å². The second-order valence-corrected chi connectivity index (χ2v) is 7.27. The van der Waals surface area contributed by atoms with Gasteiger partial charge in [-0.05, 0) is 49.9 Å². The third-order valence-corrected chi connectivity index (χ3v) is 5.26. The molecule has 1 fully saturated rings. The Morgan fingerprint density at radius 3 is 2.93 bits per heavy atom. The highest BCUT2D eigenvalue weighted by atomic mass is 19.1. The minimum atomic E-state index is -0.205. The second-order valence-electron chi connectivity index (χ2n) is 7.27. The summed E-state index contributed by atoms with van der Waals surface area (Å²) < 4.78 is 18.7. The summed E-state index contributed by atoms with van der Waals surface area (Å²) in [6.07, 6.45) is 4.94. The lowest BCUT2D eigenvalue weighted by Gasteiger charge is -2.32. The molecule has 3 N–H and O–H groups in total. The van der Waals surface area contributed by atoms with Crippen molar-refractivity contribution < 1.29 is 9.13 Å². The molecule has 0 unspecified atom stereocenters. The molecule has 1 aliphatic rings. The number of guanidine groups is 1. The fraction of sp³-hybridized carbons (Fsp3) is 0.571. The van der Waals surface area contributed by atoms with Gasteiger partial charge in [-0.3, -0.25) is 4.99 Å². The molecule has 2 heterocycles. The highest BCUT2D eigenvalue weighted by Gasteiger charge is 2.19. The van der Waals surface area contributed by atoms with Crippen molar-refractivity contribution in [1.29, 1.82) is 0 Å². The summed E-state index contributed by atoms with van der Waals surface area (Å²) in [6.45, 7) is 7.53. The zero-order valence-corrected chi connectivity index (χ0v) is 16.9. The normalized spacial score (nSPS) is 16.6. The number of likely N-dealkylation sites (tertiary alicyclic amines) is 1. The summed E-state index contributed by atoms with van der Waals surface area (Å²) in [7, 11) is 1.75. The Labute approximate surface area is 166 Å². The van der Waals surface area contributed by atoms with Crippen LogP contribution in [0.5, 0.6) is 0 Å². The van der Waals surface area contributed by atoms with Crippen LogP contribution in [0.4, 0.5) is 4.39 Å². The molecule has 0 aliphatic carbocycles. The number of methoxy groups -OCH3 is 1. The monoisotopic (exact) mass is 389 g/mol. The number of nitrogens with one attached hydrogen (secondary N) is 3. The predicted octanol–water partition coefficient (Wildman–Crippen LogP) is 2.52. The van der Waals surface area contributed by atoms with E-state index < -0.39 is 0 Å². The van der Waals surface area contributed by atoms with Crippen molar-refractivity contribution >= 4 is 16.9 Å². The van der Waals surface area contributed by atoms with Crippen molar-refractivity contribution in [2.45, 2.75) is 32.2 Å². The molecule has 1 aromatic carbocycles. The zero-order valence-electron chi connectivity index (χ0n) is 16.9. The first-order chi connectivity index (χ1) is 13.7. The number of ether oxygens (including phenoxy) is 1. The molecule has 28 heavy (non-hydrogen) atoms. The van der Waals surface area contributed by atoms with Gasteiger partial charge >= 0.3 is 0 Å². The lowest BCUT2D eigenvalue weighted by Crippen LogP contribution is -2.49. The van der Waals surface area contributed by atoms with Gasteiger partial charge in [0.05, 0.1) is 6.61 Å². The Morgan fingerprint density at radius 2 is 2.18 bits per heavy atom. The van der Waals surface area contributed by atoms with Gasteiger partial charge in [-0.25, -0.2) is 4.39 Å². The number of H-pyrrole nitrogens is 1. The van der Waals surface area contributed by atoms with Crippen LogP contribution in [0.3, 0.4) is 0 Å². The molecule has 1 aromatic heterocycles. The molecule has 0 saturated carbocycles. The SMILES string of the molecule is CCNC(=NCCc1c[nH]c2ccc(F)cc12)NC1CCN(CCOC)CC1. The molecule has 7 heteroatoms. The number of hydrogen-bond donors (Lipinski definition) is 3. The van der Waals surface area contributed by atoms with Gasteiger partial charge < -0.3 is 25.3 Å². The van der Waals surface area contributed by atoms with E-state index in [0.717, 1.165) is 74.5 Å². The molecule has 0 bridgehead atoms. The number of fused-ring (bicyclic) bond motifs is 1. The summed E-state index contributed by atoms with van der Waals surface area (Å²) in [5, 5.41) is 7.85.